The molecule has 1 amide bonds. The highest BCUT2D eigenvalue weighted by Crippen LogP contribution is 2.21. The van der Waals surface area contributed by atoms with Crippen molar-refractivity contribution >= 4 is 33.4 Å². The maximum absolute atomic E-state index is 13.9. The number of thioether (sulfide) groups is 1. The Kier molecular flexibility index (Phi) is 7.74. The molecule has 0 unspecified atom stereocenters. The summed E-state index contributed by atoms with van der Waals surface area (Å²) in [6, 6.07) is 13.8. The van der Waals surface area contributed by atoms with Gasteiger partial charge in [-0.3, -0.25) is 4.79 Å². The van der Waals surface area contributed by atoms with Crippen molar-refractivity contribution in [1.29, 1.82) is 0 Å². The zero-order chi connectivity index (χ0) is 21.6. The summed E-state index contributed by atoms with van der Waals surface area (Å²) in [6.45, 7) is 1.83. The Labute approximate surface area is 181 Å². The van der Waals surface area contributed by atoms with E-state index in [9.17, 15) is 17.6 Å². The van der Waals surface area contributed by atoms with Crippen LogP contribution in [0, 0.1) is 5.82 Å². The highest BCUT2D eigenvalue weighted by atomic mass is 32.2. The van der Waals surface area contributed by atoms with Crippen LogP contribution >= 0.6 is 11.8 Å². The third-order valence-corrected chi connectivity index (χ3v) is 7.79. The Hall–Kier alpha value is -2.10. The number of amides is 1. The van der Waals surface area contributed by atoms with Crippen molar-refractivity contribution in [3.05, 3.63) is 59.9 Å². The van der Waals surface area contributed by atoms with Gasteiger partial charge in [0, 0.05) is 37.6 Å². The number of hydrogen-bond acceptors (Lipinski definition) is 5. The third kappa shape index (κ3) is 5.53. The van der Waals surface area contributed by atoms with Gasteiger partial charge in [0.25, 0.3) is 5.91 Å². The number of halogens is 1. The number of para-hydroxylation sites is 1. The summed E-state index contributed by atoms with van der Waals surface area (Å²) in [5.74, 6) is -0.527. The molecule has 1 N–H and O–H groups in total. The van der Waals surface area contributed by atoms with Gasteiger partial charge < -0.3 is 10.2 Å². The van der Waals surface area contributed by atoms with E-state index in [1.165, 1.54) is 22.1 Å². The highest BCUT2D eigenvalue weighted by molar-refractivity contribution is 7.98. The lowest BCUT2D eigenvalue weighted by Gasteiger charge is -2.35. The van der Waals surface area contributed by atoms with Gasteiger partial charge in [0.2, 0.25) is 10.0 Å². The van der Waals surface area contributed by atoms with E-state index in [1.54, 1.807) is 30.3 Å². The minimum Gasteiger partial charge on any atom is -0.367 e. The third-order valence-electron chi connectivity index (χ3n) is 5.04. The number of sulfonamides is 1. The molecular weight excluding hydrogens is 425 g/mol. The molecule has 1 aliphatic rings. The number of nitrogens with one attached hydrogen (secondary N) is 1. The number of piperazine rings is 1. The summed E-state index contributed by atoms with van der Waals surface area (Å²) < 4.78 is 40.6. The molecule has 2 aromatic carbocycles. The molecule has 0 aromatic heterocycles. The fourth-order valence-electron chi connectivity index (χ4n) is 3.43. The van der Waals surface area contributed by atoms with E-state index in [0.29, 0.717) is 43.9 Å². The summed E-state index contributed by atoms with van der Waals surface area (Å²) >= 11 is 1.49. The molecule has 30 heavy (non-hydrogen) atoms. The Morgan fingerprint density at radius 1 is 1.07 bits per heavy atom. The molecular formula is C21H26FN3O3S2. The van der Waals surface area contributed by atoms with E-state index in [-0.39, 0.29) is 24.0 Å². The van der Waals surface area contributed by atoms with Crippen LogP contribution in [0.15, 0.2) is 53.4 Å². The molecule has 1 saturated heterocycles. The first-order chi connectivity index (χ1) is 14.4. The van der Waals surface area contributed by atoms with Gasteiger partial charge in [-0.15, -0.1) is 11.8 Å². The van der Waals surface area contributed by atoms with Crippen LogP contribution in [0.5, 0.6) is 0 Å². The zero-order valence-corrected chi connectivity index (χ0v) is 18.5. The summed E-state index contributed by atoms with van der Waals surface area (Å²) in [4.78, 5) is 15.1. The Morgan fingerprint density at radius 3 is 2.43 bits per heavy atom. The number of rotatable bonds is 8. The van der Waals surface area contributed by atoms with Crippen LogP contribution in [0.1, 0.15) is 16.8 Å². The molecule has 0 atom stereocenters. The van der Waals surface area contributed by atoms with Crippen molar-refractivity contribution in [2.24, 2.45) is 0 Å². The SMILES string of the molecule is CSc1ccccc1C(=O)NCCCS(=O)(=O)N1CCN(c2ccccc2F)CC1. The maximum Gasteiger partial charge on any atom is 0.252 e. The van der Waals surface area contributed by atoms with Gasteiger partial charge in [-0.2, -0.15) is 4.31 Å². The molecule has 0 spiro atoms. The Bertz CT molecular complexity index is 977. The van der Waals surface area contributed by atoms with Gasteiger partial charge in [0.15, 0.2) is 0 Å². The van der Waals surface area contributed by atoms with Crippen LogP contribution in [0.25, 0.3) is 0 Å². The number of nitrogens with zero attached hydrogens (tertiary/aromatic N) is 2. The molecule has 0 saturated carbocycles. The fraction of sp³-hybridized carbons (Fsp3) is 0.381. The predicted octanol–water partition coefficient (Wildman–Crippen LogP) is 2.82. The number of anilines is 1. The summed E-state index contributed by atoms with van der Waals surface area (Å²) in [5.41, 5.74) is 1.10. The molecule has 1 heterocycles. The molecule has 0 aliphatic carbocycles. The van der Waals surface area contributed by atoms with Crippen LogP contribution in [-0.4, -0.2) is 63.4 Å². The molecule has 6 nitrogen and oxygen atoms in total. The lowest BCUT2D eigenvalue weighted by molar-refractivity contribution is 0.0950. The monoisotopic (exact) mass is 451 g/mol. The van der Waals surface area contributed by atoms with Crippen molar-refractivity contribution in [1.82, 2.24) is 9.62 Å². The molecule has 9 heteroatoms. The first-order valence-electron chi connectivity index (χ1n) is 9.81. The van der Waals surface area contributed by atoms with E-state index >= 15 is 0 Å². The van der Waals surface area contributed by atoms with Gasteiger partial charge in [-0.1, -0.05) is 24.3 Å². The standard InChI is InChI=1S/C21H26FN3O3S2/c1-29-20-10-5-2-7-17(20)21(26)23-11-6-16-30(27,28)25-14-12-24(13-15-25)19-9-4-3-8-18(19)22/h2-5,7-10H,6,11-16H2,1H3,(H,23,26). The lowest BCUT2D eigenvalue weighted by atomic mass is 10.2. The normalized spacial score (nSPS) is 15.2. The van der Waals surface area contributed by atoms with Crippen LogP contribution in [0.4, 0.5) is 10.1 Å². The van der Waals surface area contributed by atoms with Crippen molar-refractivity contribution in [2.75, 3.05) is 49.6 Å². The maximum atomic E-state index is 13.9. The molecule has 0 radical (unpaired) electrons. The minimum atomic E-state index is -3.42. The van der Waals surface area contributed by atoms with E-state index in [2.05, 4.69) is 5.32 Å². The van der Waals surface area contributed by atoms with Gasteiger partial charge in [-0.05, 0) is 36.9 Å². The van der Waals surface area contributed by atoms with Crippen molar-refractivity contribution in [3.63, 3.8) is 0 Å². The van der Waals surface area contributed by atoms with E-state index in [1.807, 2.05) is 23.3 Å². The lowest BCUT2D eigenvalue weighted by Crippen LogP contribution is -2.49. The molecule has 2 aromatic rings. The van der Waals surface area contributed by atoms with Gasteiger partial charge in [0.1, 0.15) is 5.82 Å². The fourth-order valence-corrected chi connectivity index (χ4v) is 5.51. The average Bonchev–Trinajstić information content (AvgIpc) is 2.77. The second kappa shape index (κ2) is 10.3. The number of benzene rings is 2. The molecule has 1 aliphatic heterocycles. The highest BCUT2D eigenvalue weighted by Gasteiger charge is 2.27. The topological polar surface area (TPSA) is 69.7 Å². The molecule has 1 fully saturated rings. The smallest absolute Gasteiger partial charge is 0.252 e. The first-order valence-corrected chi connectivity index (χ1v) is 12.6. The molecule has 0 bridgehead atoms. The zero-order valence-electron chi connectivity index (χ0n) is 16.9. The predicted molar refractivity (Wildman–Crippen MR) is 119 cm³/mol. The number of carbonyl (C=O) groups excluding carboxylic acids is 1. The molecule has 3 rings (SSSR count). The van der Waals surface area contributed by atoms with Crippen molar-refractivity contribution in [2.45, 2.75) is 11.3 Å². The number of carbonyl (C=O) groups is 1. The number of hydrogen-bond donors (Lipinski definition) is 1. The second-order valence-electron chi connectivity index (χ2n) is 6.96. The van der Waals surface area contributed by atoms with Gasteiger partial charge >= 0.3 is 0 Å². The summed E-state index contributed by atoms with van der Waals surface area (Å²) in [6.07, 6.45) is 2.24. The van der Waals surface area contributed by atoms with Crippen molar-refractivity contribution in [3.8, 4) is 0 Å². The quantitative estimate of drug-likeness (QED) is 0.494. The Balaban J connectivity index is 1.46. The largest absolute Gasteiger partial charge is 0.367 e. The summed E-state index contributed by atoms with van der Waals surface area (Å²) in [7, 11) is -3.42. The van der Waals surface area contributed by atoms with Gasteiger partial charge in [-0.25, -0.2) is 12.8 Å². The van der Waals surface area contributed by atoms with E-state index in [0.717, 1.165) is 4.90 Å². The van der Waals surface area contributed by atoms with Crippen LogP contribution in [0.3, 0.4) is 0 Å². The van der Waals surface area contributed by atoms with E-state index in [4.69, 9.17) is 0 Å². The van der Waals surface area contributed by atoms with Crippen LogP contribution < -0.4 is 10.2 Å². The molecule has 162 valence electrons. The van der Waals surface area contributed by atoms with E-state index < -0.39 is 10.0 Å². The van der Waals surface area contributed by atoms with Crippen molar-refractivity contribution < 1.29 is 17.6 Å². The van der Waals surface area contributed by atoms with Crippen LogP contribution in [0.2, 0.25) is 0 Å². The van der Waals surface area contributed by atoms with Gasteiger partial charge in [0.05, 0.1) is 17.0 Å². The minimum absolute atomic E-state index is 0.0306. The van der Waals surface area contributed by atoms with Crippen LogP contribution in [-0.2, 0) is 10.0 Å². The summed E-state index contributed by atoms with van der Waals surface area (Å²) in [5, 5.41) is 2.80. The Morgan fingerprint density at radius 2 is 1.73 bits per heavy atom. The second-order valence-corrected chi connectivity index (χ2v) is 9.90. The average molecular weight is 452 g/mol. The first kappa shape index (κ1) is 22.6.